The molecule has 2 saturated carbocycles. The molecular formula is C19H29N3O5. The molecule has 1 aliphatic heterocycles. The SMILES string of the molecule is CC1CCC(N(C)C(=O)COC(=O)CN2C(=O)NC3(CCCC3)C2=O)CC1. The van der Waals surface area contributed by atoms with Gasteiger partial charge in [0, 0.05) is 13.1 Å². The summed E-state index contributed by atoms with van der Waals surface area (Å²) in [4.78, 5) is 51.5. The predicted octanol–water partition coefficient (Wildman–Crippen LogP) is 1.43. The Balaban J connectivity index is 1.46. The summed E-state index contributed by atoms with van der Waals surface area (Å²) in [5.41, 5.74) is -0.842. The first kappa shape index (κ1) is 19.6. The third-order valence-corrected chi connectivity index (χ3v) is 6.27. The van der Waals surface area contributed by atoms with Gasteiger partial charge in [0.1, 0.15) is 12.1 Å². The fourth-order valence-electron chi connectivity index (χ4n) is 4.39. The maximum atomic E-state index is 12.5. The van der Waals surface area contributed by atoms with Crippen molar-refractivity contribution in [2.75, 3.05) is 20.2 Å². The summed E-state index contributed by atoms with van der Waals surface area (Å²) in [5, 5.41) is 2.72. The zero-order valence-electron chi connectivity index (χ0n) is 16.2. The number of amides is 4. The number of esters is 1. The van der Waals surface area contributed by atoms with Gasteiger partial charge in [-0.15, -0.1) is 0 Å². The average Bonchev–Trinajstić information content (AvgIpc) is 3.20. The number of carbonyl (C=O) groups excluding carboxylic acids is 4. The number of likely N-dealkylation sites (N-methyl/N-ethyl adjacent to an activating group) is 1. The number of hydrogen-bond donors (Lipinski definition) is 1. The molecule has 0 aromatic carbocycles. The molecule has 0 bridgehead atoms. The van der Waals surface area contributed by atoms with Crippen molar-refractivity contribution in [2.45, 2.75) is 69.9 Å². The second-order valence-electron chi connectivity index (χ2n) is 8.19. The molecule has 1 spiro atoms. The zero-order chi connectivity index (χ0) is 19.6. The highest BCUT2D eigenvalue weighted by molar-refractivity contribution is 6.08. The third-order valence-electron chi connectivity index (χ3n) is 6.27. The zero-order valence-corrected chi connectivity index (χ0v) is 16.2. The van der Waals surface area contributed by atoms with Gasteiger partial charge < -0.3 is 15.0 Å². The van der Waals surface area contributed by atoms with Crippen LogP contribution in [0, 0.1) is 5.92 Å². The van der Waals surface area contributed by atoms with Crippen LogP contribution in [-0.2, 0) is 19.1 Å². The summed E-state index contributed by atoms with van der Waals surface area (Å²) < 4.78 is 5.04. The van der Waals surface area contributed by atoms with Crippen molar-refractivity contribution < 1.29 is 23.9 Å². The van der Waals surface area contributed by atoms with Gasteiger partial charge in [0.25, 0.3) is 11.8 Å². The lowest BCUT2D eigenvalue weighted by atomic mass is 9.87. The van der Waals surface area contributed by atoms with E-state index in [0.29, 0.717) is 18.8 Å². The van der Waals surface area contributed by atoms with Crippen LogP contribution >= 0.6 is 0 Å². The highest BCUT2D eigenvalue weighted by Crippen LogP contribution is 2.35. The van der Waals surface area contributed by atoms with Gasteiger partial charge in [-0.1, -0.05) is 19.8 Å². The fourth-order valence-corrected chi connectivity index (χ4v) is 4.39. The minimum absolute atomic E-state index is 0.181. The normalized spacial score (nSPS) is 27.0. The molecule has 0 unspecified atom stereocenters. The molecule has 1 N–H and O–H groups in total. The Bertz CT molecular complexity index is 621. The van der Waals surface area contributed by atoms with Crippen LogP contribution in [0.25, 0.3) is 0 Å². The molecule has 1 heterocycles. The van der Waals surface area contributed by atoms with Gasteiger partial charge in [-0.2, -0.15) is 0 Å². The van der Waals surface area contributed by atoms with Crippen LogP contribution in [0.5, 0.6) is 0 Å². The van der Waals surface area contributed by atoms with Gasteiger partial charge in [0.15, 0.2) is 6.61 Å². The second-order valence-corrected chi connectivity index (χ2v) is 8.19. The van der Waals surface area contributed by atoms with Crippen LogP contribution in [0.1, 0.15) is 58.3 Å². The number of hydrogen-bond acceptors (Lipinski definition) is 5. The monoisotopic (exact) mass is 379 g/mol. The summed E-state index contributed by atoms with van der Waals surface area (Å²) in [6.07, 6.45) is 7.07. The first-order valence-corrected chi connectivity index (χ1v) is 9.88. The van der Waals surface area contributed by atoms with E-state index < -0.39 is 24.1 Å². The minimum Gasteiger partial charge on any atom is -0.454 e. The average molecular weight is 379 g/mol. The van der Waals surface area contributed by atoms with Crippen molar-refractivity contribution in [3.63, 3.8) is 0 Å². The molecule has 2 aliphatic carbocycles. The lowest BCUT2D eigenvalue weighted by Gasteiger charge is -2.33. The van der Waals surface area contributed by atoms with Gasteiger partial charge in [-0.25, -0.2) is 4.79 Å². The number of nitrogens with one attached hydrogen (secondary N) is 1. The number of imide groups is 1. The van der Waals surface area contributed by atoms with E-state index in [1.54, 1.807) is 11.9 Å². The predicted molar refractivity (Wildman–Crippen MR) is 96.6 cm³/mol. The first-order valence-electron chi connectivity index (χ1n) is 9.88. The van der Waals surface area contributed by atoms with Crippen molar-refractivity contribution in [1.29, 1.82) is 0 Å². The van der Waals surface area contributed by atoms with Gasteiger partial charge in [0.05, 0.1) is 0 Å². The molecule has 27 heavy (non-hydrogen) atoms. The molecule has 8 heteroatoms. The summed E-state index contributed by atoms with van der Waals surface area (Å²) in [5.74, 6) is -0.670. The van der Waals surface area contributed by atoms with E-state index in [9.17, 15) is 19.2 Å². The maximum Gasteiger partial charge on any atom is 0.326 e. The summed E-state index contributed by atoms with van der Waals surface area (Å²) in [7, 11) is 1.73. The molecule has 0 atom stereocenters. The van der Waals surface area contributed by atoms with Gasteiger partial charge in [0.2, 0.25) is 0 Å². The van der Waals surface area contributed by atoms with E-state index in [-0.39, 0.29) is 24.5 Å². The lowest BCUT2D eigenvalue weighted by molar-refractivity contribution is -0.154. The van der Waals surface area contributed by atoms with Crippen molar-refractivity contribution in [1.82, 2.24) is 15.1 Å². The molecule has 3 aliphatic rings. The lowest BCUT2D eigenvalue weighted by Crippen LogP contribution is -2.45. The molecule has 3 fully saturated rings. The molecular weight excluding hydrogens is 350 g/mol. The van der Waals surface area contributed by atoms with Crippen LogP contribution in [0.4, 0.5) is 4.79 Å². The molecule has 3 rings (SSSR count). The van der Waals surface area contributed by atoms with Crippen LogP contribution in [0.3, 0.4) is 0 Å². The highest BCUT2D eigenvalue weighted by atomic mass is 16.5. The van der Waals surface area contributed by atoms with Crippen LogP contribution in [0.15, 0.2) is 0 Å². The Morgan fingerprint density at radius 3 is 2.44 bits per heavy atom. The van der Waals surface area contributed by atoms with E-state index in [1.807, 2.05) is 0 Å². The minimum atomic E-state index is -0.842. The molecule has 4 amide bonds. The Hall–Kier alpha value is -2.12. The van der Waals surface area contributed by atoms with Crippen molar-refractivity contribution in [2.24, 2.45) is 5.92 Å². The van der Waals surface area contributed by atoms with E-state index >= 15 is 0 Å². The Labute approximate surface area is 159 Å². The van der Waals surface area contributed by atoms with E-state index in [4.69, 9.17) is 4.74 Å². The van der Waals surface area contributed by atoms with E-state index in [0.717, 1.165) is 43.4 Å². The number of urea groups is 1. The maximum absolute atomic E-state index is 12.5. The topological polar surface area (TPSA) is 96.0 Å². The summed E-state index contributed by atoms with van der Waals surface area (Å²) in [6.45, 7) is 1.39. The molecule has 0 aromatic rings. The highest BCUT2D eigenvalue weighted by Gasteiger charge is 2.52. The Morgan fingerprint density at radius 1 is 1.19 bits per heavy atom. The van der Waals surface area contributed by atoms with Gasteiger partial charge in [-0.3, -0.25) is 19.3 Å². The molecule has 0 aromatic heterocycles. The first-order chi connectivity index (χ1) is 12.8. The largest absolute Gasteiger partial charge is 0.454 e. The number of carbonyl (C=O) groups is 4. The molecule has 8 nitrogen and oxygen atoms in total. The van der Waals surface area contributed by atoms with Crippen molar-refractivity contribution in [3.05, 3.63) is 0 Å². The summed E-state index contributed by atoms with van der Waals surface area (Å²) in [6, 6.07) is -0.376. The van der Waals surface area contributed by atoms with Crippen molar-refractivity contribution in [3.8, 4) is 0 Å². The molecule has 0 radical (unpaired) electrons. The second kappa shape index (κ2) is 7.86. The van der Waals surface area contributed by atoms with E-state index in [1.165, 1.54) is 0 Å². The van der Waals surface area contributed by atoms with E-state index in [2.05, 4.69) is 12.2 Å². The smallest absolute Gasteiger partial charge is 0.326 e. The van der Waals surface area contributed by atoms with Crippen LogP contribution in [0.2, 0.25) is 0 Å². The third kappa shape index (κ3) is 4.09. The van der Waals surface area contributed by atoms with Crippen LogP contribution < -0.4 is 5.32 Å². The quantitative estimate of drug-likeness (QED) is 0.576. The standard InChI is InChI=1S/C19H29N3O5/c1-13-5-7-14(8-6-13)21(2)15(23)12-27-16(24)11-22-17(25)19(20-18(22)26)9-3-4-10-19/h13-14H,3-12H2,1-2H3,(H,20,26). The fraction of sp³-hybridized carbons (Fsp3) is 0.789. The number of ether oxygens (including phenoxy) is 1. The van der Waals surface area contributed by atoms with Crippen LogP contribution in [-0.4, -0.2) is 65.4 Å². The number of nitrogens with zero attached hydrogens (tertiary/aromatic N) is 2. The molecule has 150 valence electrons. The Morgan fingerprint density at radius 2 is 1.81 bits per heavy atom. The van der Waals surface area contributed by atoms with Gasteiger partial charge >= 0.3 is 12.0 Å². The van der Waals surface area contributed by atoms with Gasteiger partial charge in [-0.05, 0) is 44.4 Å². The molecule has 1 saturated heterocycles. The Kier molecular flexibility index (Phi) is 5.72. The number of rotatable bonds is 5. The van der Waals surface area contributed by atoms with Crippen molar-refractivity contribution >= 4 is 23.8 Å². The summed E-state index contributed by atoms with van der Waals surface area (Å²) >= 11 is 0.